The minimum atomic E-state index is -0.887. The second-order valence-electron chi connectivity index (χ2n) is 5.81. The first-order valence-corrected chi connectivity index (χ1v) is 8.29. The van der Waals surface area contributed by atoms with Crippen LogP contribution < -0.4 is 10.1 Å². The fourth-order valence-electron chi connectivity index (χ4n) is 2.88. The van der Waals surface area contributed by atoms with E-state index in [9.17, 15) is 14.7 Å². The van der Waals surface area contributed by atoms with Crippen LogP contribution in [0.3, 0.4) is 0 Å². The molecule has 24 heavy (non-hydrogen) atoms. The van der Waals surface area contributed by atoms with Crippen LogP contribution in [0.4, 0.5) is 0 Å². The molecular weight excluding hydrogens is 334 g/mol. The van der Waals surface area contributed by atoms with E-state index in [0.717, 1.165) is 0 Å². The highest BCUT2D eigenvalue weighted by atomic mass is 35.5. The Labute approximate surface area is 146 Å². The lowest BCUT2D eigenvalue weighted by Gasteiger charge is -2.27. The lowest BCUT2D eigenvalue weighted by atomic mass is 9.86. The molecule has 1 atom stereocenters. The molecule has 7 heteroatoms. The molecule has 1 unspecified atom stereocenters. The van der Waals surface area contributed by atoms with E-state index in [-0.39, 0.29) is 24.8 Å². The maximum absolute atomic E-state index is 12.1. The number of nitrogens with one attached hydrogen (secondary N) is 1. The number of carbonyl (C=O) groups excluding carboxylic acids is 1. The predicted octanol–water partition coefficient (Wildman–Crippen LogP) is 2.13. The molecule has 1 fully saturated rings. The Hall–Kier alpha value is -1.79. The van der Waals surface area contributed by atoms with Crippen LogP contribution in [-0.2, 0) is 20.7 Å². The first-order chi connectivity index (χ1) is 11.5. The third-order valence-electron chi connectivity index (χ3n) is 4.29. The van der Waals surface area contributed by atoms with E-state index in [1.54, 1.807) is 18.2 Å². The summed E-state index contributed by atoms with van der Waals surface area (Å²) in [4.78, 5) is 23.6. The number of carboxylic acids is 1. The number of hydrogen-bond donors (Lipinski definition) is 2. The molecule has 2 rings (SSSR count). The minimum Gasteiger partial charge on any atom is -0.495 e. The Morgan fingerprint density at radius 2 is 2.12 bits per heavy atom. The Morgan fingerprint density at radius 1 is 1.42 bits per heavy atom. The highest BCUT2D eigenvalue weighted by Gasteiger charge is 2.30. The second-order valence-corrected chi connectivity index (χ2v) is 6.19. The zero-order valence-electron chi connectivity index (χ0n) is 13.6. The van der Waals surface area contributed by atoms with Gasteiger partial charge in [-0.3, -0.25) is 9.59 Å². The van der Waals surface area contributed by atoms with Crippen LogP contribution in [0.5, 0.6) is 5.75 Å². The van der Waals surface area contributed by atoms with Gasteiger partial charge in [-0.25, -0.2) is 0 Å². The van der Waals surface area contributed by atoms with Gasteiger partial charge < -0.3 is 19.9 Å². The molecule has 1 amide bonds. The first kappa shape index (κ1) is 18.5. The third kappa shape index (κ3) is 4.85. The summed E-state index contributed by atoms with van der Waals surface area (Å²) < 4.78 is 10.4. The monoisotopic (exact) mass is 355 g/mol. The van der Waals surface area contributed by atoms with Gasteiger partial charge in [0.25, 0.3) is 0 Å². The number of hydrogen-bond acceptors (Lipinski definition) is 4. The Kier molecular flexibility index (Phi) is 6.87. The van der Waals surface area contributed by atoms with Crippen LogP contribution in [0, 0.1) is 11.8 Å². The van der Waals surface area contributed by atoms with Crippen molar-refractivity contribution in [1.29, 1.82) is 0 Å². The van der Waals surface area contributed by atoms with Crippen LogP contribution in [0.1, 0.15) is 18.4 Å². The number of carbonyl (C=O) groups is 2. The van der Waals surface area contributed by atoms with Crippen molar-refractivity contribution in [3.05, 3.63) is 28.8 Å². The molecule has 1 aliphatic heterocycles. The zero-order chi connectivity index (χ0) is 17.5. The van der Waals surface area contributed by atoms with Crippen LogP contribution in [0.15, 0.2) is 18.2 Å². The van der Waals surface area contributed by atoms with E-state index >= 15 is 0 Å². The maximum Gasteiger partial charge on any atom is 0.308 e. The van der Waals surface area contributed by atoms with Crippen molar-refractivity contribution in [2.24, 2.45) is 11.8 Å². The fourth-order valence-corrected chi connectivity index (χ4v) is 3.15. The number of rotatable bonds is 7. The number of amides is 1. The van der Waals surface area contributed by atoms with Gasteiger partial charge in [0.05, 0.1) is 24.5 Å². The van der Waals surface area contributed by atoms with Crippen molar-refractivity contribution in [3.63, 3.8) is 0 Å². The number of aliphatic carboxylic acids is 1. The quantitative estimate of drug-likeness (QED) is 0.782. The van der Waals surface area contributed by atoms with Crippen LogP contribution in [0.2, 0.25) is 5.02 Å². The highest BCUT2D eigenvalue weighted by molar-refractivity contribution is 6.33. The third-order valence-corrected chi connectivity index (χ3v) is 4.71. The summed E-state index contributed by atoms with van der Waals surface area (Å²) in [6.45, 7) is 1.25. The van der Waals surface area contributed by atoms with Gasteiger partial charge in [-0.2, -0.15) is 0 Å². The standard InChI is InChI=1S/C17H22ClNO5/c1-23-14-4-2-3-12(16(14)18)9-15(20)19-10-13(17(21)22)11-5-7-24-8-6-11/h2-4,11,13H,5-10H2,1H3,(H,19,20)(H,21,22). The number of carboxylic acid groups (broad SMARTS) is 1. The lowest BCUT2D eigenvalue weighted by molar-refractivity contribution is -0.144. The fraction of sp³-hybridized carbons (Fsp3) is 0.529. The van der Waals surface area contributed by atoms with Gasteiger partial charge in [-0.1, -0.05) is 23.7 Å². The molecule has 1 heterocycles. The van der Waals surface area contributed by atoms with E-state index < -0.39 is 11.9 Å². The van der Waals surface area contributed by atoms with Gasteiger partial charge in [0.1, 0.15) is 5.75 Å². The largest absolute Gasteiger partial charge is 0.495 e. The summed E-state index contributed by atoms with van der Waals surface area (Å²) in [5.74, 6) is -1.21. The average Bonchev–Trinajstić information content (AvgIpc) is 2.57. The summed E-state index contributed by atoms with van der Waals surface area (Å²) in [6, 6.07) is 5.22. The Morgan fingerprint density at radius 3 is 2.75 bits per heavy atom. The molecule has 1 aromatic rings. The van der Waals surface area contributed by atoms with Gasteiger partial charge in [-0.15, -0.1) is 0 Å². The van der Waals surface area contributed by atoms with E-state index in [4.69, 9.17) is 21.1 Å². The normalized spacial score (nSPS) is 16.4. The molecule has 1 aromatic carbocycles. The topological polar surface area (TPSA) is 84.9 Å². The summed E-state index contributed by atoms with van der Waals surface area (Å²) in [5, 5.41) is 12.5. The summed E-state index contributed by atoms with van der Waals surface area (Å²) in [6.07, 6.45) is 1.49. The van der Waals surface area contributed by atoms with E-state index in [0.29, 0.717) is 42.4 Å². The first-order valence-electron chi connectivity index (χ1n) is 7.91. The van der Waals surface area contributed by atoms with Gasteiger partial charge in [0.2, 0.25) is 5.91 Å². The van der Waals surface area contributed by atoms with Crippen molar-refractivity contribution in [3.8, 4) is 5.75 Å². The highest BCUT2D eigenvalue weighted by Crippen LogP contribution is 2.28. The molecule has 0 aromatic heterocycles. The van der Waals surface area contributed by atoms with Crippen molar-refractivity contribution in [2.75, 3.05) is 26.9 Å². The number of ether oxygens (including phenoxy) is 2. The van der Waals surface area contributed by atoms with Crippen molar-refractivity contribution >= 4 is 23.5 Å². The molecule has 0 saturated carbocycles. The van der Waals surface area contributed by atoms with Gasteiger partial charge in [0, 0.05) is 19.8 Å². The molecule has 6 nitrogen and oxygen atoms in total. The smallest absolute Gasteiger partial charge is 0.308 e. The molecule has 0 spiro atoms. The van der Waals surface area contributed by atoms with Crippen molar-refractivity contribution in [1.82, 2.24) is 5.32 Å². The minimum absolute atomic E-state index is 0.0250. The van der Waals surface area contributed by atoms with Gasteiger partial charge >= 0.3 is 5.97 Å². The zero-order valence-corrected chi connectivity index (χ0v) is 14.3. The summed E-state index contributed by atoms with van der Waals surface area (Å²) in [5.41, 5.74) is 0.645. The van der Waals surface area contributed by atoms with Crippen molar-refractivity contribution in [2.45, 2.75) is 19.3 Å². The molecule has 2 N–H and O–H groups in total. The van der Waals surface area contributed by atoms with Gasteiger partial charge in [0.15, 0.2) is 0 Å². The molecule has 1 saturated heterocycles. The second kappa shape index (κ2) is 8.89. The average molecular weight is 356 g/mol. The molecule has 0 bridgehead atoms. The maximum atomic E-state index is 12.1. The SMILES string of the molecule is COc1cccc(CC(=O)NCC(C(=O)O)C2CCOCC2)c1Cl. The lowest BCUT2D eigenvalue weighted by Crippen LogP contribution is -2.39. The molecule has 132 valence electrons. The number of halogens is 1. The number of benzene rings is 1. The number of methoxy groups -OCH3 is 1. The predicted molar refractivity (Wildman–Crippen MR) is 89.4 cm³/mol. The van der Waals surface area contributed by atoms with Crippen LogP contribution >= 0.6 is 11.6 Å². The van der Waals surface area contributed by atoms with E-state index in [1.165, 1.54) is 7.11 Å². The Bertz CT molecular complexity index is 586. The van der Waals surface area contributed by atoms with Crippen molar-refractivity contribution < 1.29 is 24.2 Å². The van der Waals surface area contributed by atoms with Crippen LogP contribution in [0.25, 0.3) is 0 Å². The summed E-state index contributed by atoms with van der Waals surface area (Å²) >= 11 is 6.17. The Balaban J connectivity index is 1.92. The molecular formula is C17H22ClNO5. The molecule has 1 aliphatic rings. The molecule has 0 radical (unpaired) electrons. The summed E-state index contributed by atoms with van der Waals surface area (Å²) in [7, 11) is 1.51. The van der Waals surface area contributed by atoms with Crippen LogP contribution in [-0.4, -0.2) is 43.9 Å². The van der Waals surface area contributed by atoms with Gasteiger partial charge in [-0.05, 0) is 30.4 Å². The molecule has 0 aliphatic carbocycles. The van der Waals surface area contributed by atoms with E-state index in [1.807, 2.05) is 0 Å². The van der Waals surface area contributed by atoms with E-state index in [2.05, 4.69) is 5.32 Å².